The average Bonchev–Trinajstić information content (AvgIpc) is 3.13. The van der Waals surface area contributed by atoms with E-state index in [2.05, 4.69) is 39.8 Å². The summed E-state index contributed by atoms with van der Waals surface area (Å²) in [6.07, 6.45) is 0.532. The monoisotopic (exact) mass is 445 g/mol. The molecule has 4 rings (SSSR count). The summed E-state index contributed by atoms with van der Waals surface area (Å²) in [7, 11) is 0. The Balaban J connectivity index is 1.45. The minimum Gasteiger partial charge on any atom is -0.336 e. The molecule has 0 saturated heterocycles. The summed E-state index contributed by atoms with van der Waals surface area (Å²) in [5.74, 6) is 6.60. The highest BCUT2D eigenvalue weighted by molar-refractivity contribution is 8.00. The molecule has 0 aliphatic carbocycles. The van der Waals surface area contributed by atoms with Gasteiger partial charge in [0, 0.05) is 17.7 Å². The Hall–Kier alpha value is -3.65. The molecule has 1 aromatic heterocycles. The molecule has 3 aromatic carbocycles. The number of hydrogen-bond acceptors (Lipinski definition) is 6. The summed E-state index contributed by atoms with van der Waals surface area (Å²) < 4.78 is 1.44. The van der Waals surface area contributed by atoms with Crippen molar-refractivity contribution in [3.8, 4) is 0 Å². The van der Waals surface area contributed by atoms with E-state index >= 15 is 0 Å². The number of aromatic nitrogens is 3. The molecule has 3 N–H and O–H groups in total. The Kier molecular flexibility index (Phi) is 6.23. The van der Waals surface area contributed by atoms with Crippen LogP contribution in [-0.2, 0) is 11.2 Å². The fourth-order valence-electron chi connectivity index (χ4n) is 3.40. The van der Waals surface area contributed by atoms with Crippen LogP contribution in [0.4, 0.5) is 5.69 Å². The fourth-order valence-corrected chi connectivity index (χ4v) is 4.19. The zero-order valence-electron chi connectivity index (χ0n) is 17.8. The molecule has 1 heterocycles. The van der Waals surface area contributed by atoms with Crippen molar-refractivity contribution in [3.05, 3.63) is 83.7 Å². The van der Waals surface area contributed by atoms with Crippen molar-refractivity contribution in [2.24, 2.45) is 0 Å². The van der Waals surface area contributed by atoms with Gasteiger partial charge < -0.3 is 11.2 Å². The van der Waals surface area contributed by atoms with Gasteiger partial charge in [0.1, 0.15) is 0 Å². The number of thioether (sulfide) groups is 1. The minimum absolute atomic E-state index is 0.0570. The molecule has 0 bridgehead atoms. The summed E-state index contributed by atoms with van der Waals surface area (Å²) in [5, 5.41) is 13.6. The number of nitrogens with one attached hydrogen (secondary N) is 1. The molecular weight excluding hydrogens is 422 g/mol. The van der Waals surface area contributed by atoms with Crippen molar-refractivity contribution in [3.63, 3.8) is 0 Å². The topological polar surface area (TPSA) is 103 Å². The van der Waals surface area contributed by atoms with Crippen LogP contribution < -0.4 is 11.2 Å². The van der Waals surface area contributed by atoms with Crippen LogP contribution >= 0.6 is 11.8 Å². The van der Waals surface area contributed by atoms with E-state index in [1.165, 1.54) is 23.4 Å². The number of benzene rings is 3. The third-order valence-corrected chi connectivity index (χ3v) is 6.21. The summed E-state index contributed by atoms with van der Waals surface area (Å²) in [4.78, 5) is 24.2. The van der Waals surface area contributed by atoms with Gasteiger partial charge in [-0.3, -0.25) is 9.59 Å². The number of nitrogen functional groups attached to an aromatic ring is 1. The maximum absolute atomic E-state index is 12.6. The molecule has 4 aromatic rings. The zero-order chi connectivity index (χ0) is 22.7. The number of ketones is 1. The Morgan fingerprint density at radius 2 is 1.81 bits per heavy atom. The number of Topliss-reactive ketones (excluding diaryl/α,β-unsaturated/α-hetero) is 1. The summed E-state index contributed by atoms with van der Waals surface area (Å²) in [5.41, 5.74) is 2.22. The van der Waals surface area contributed by atoms with Gasteiger partial charge in [0.25, 0.3) is 0 Å². The maximum atomic E-state index is 12.6. The molecule has 0 fully saturated rings. The van der Waals surface area contributed by atoms with E-state index in [1.54, 1.807) is 31.2 Å². The number of fused-ring (bicyclic) bond motifs is 1. The molecule has 0 unspecified atom stereocenters. The van der Waals surface area contributed by atoms with Crippen LogP contribution in [0.3, 0.4) is 0 Å². The predicted octanol–water partition coefficient (Wildman–Crippen LogP) is 4.06. The number of rotatable bonds is 7. The van der Waals surface area contributed by atoms with Crippen LogP contribution in [0, 0.1) is 0 Å². The Morgan fingerprint density at radius 1 is 1.06 bits per heavy atom. The van der Waals surface area contributed by atoms with Crippen LogP contribution in [0.25, 0.3) is 10.8 Å². The number of nitrogens with zero attached hydrogens (tertiary/aromatic N) is 3. The lowest BCUT2D eigenvalue weighted by Gasteiger charge is -2.12. The van der Waals surface area contributed by atoms with Gasteiger partial charge in [-0.2, -0.15) is 0 Å². The number of carbonyl (C=O) groups is 2. The first-order valence-corrected chi connectivity index (χ1v) is 11.0. The Bertz CT molecular complexity index is 1300. The maximum Gasteiger partial charge on any atom is 0.237 e. The number of anilines is 1. The molecule has 0 aliphatic rings. The van der Waals surface area contributed by atoms with E-state index in [0.29, 0.717) is 28.7 Å². The van der Waals surface area contributed by atoms with Gasteiger partial charge in [0.2, 0.25) is 11.1 Å². The van der Waals surface area contributed by atoms with E-state index in [4.69, 9.17) is 5.84 Å². The van der Waals surface area contributed by atoms with E-state index in [-0.39, 0.29) is 11.7 Å². The molecule has 1 atom stereocenters. The second-order valence-corrected chi connectivity index (χ2v) is 8.78. The largest absolute Gasteiger partial charge is 0.336 e. The molecule has 32 heavy (non-hydrogen) atoms. The molecule has 162 valence electrons. The third kappa shape index (κ3) is 4.65. The summed E-state index contributed by atoms with van der Waals surface area (Å²) >= 11 is 1.23. The Labute approximate surface area is 190 Å². The molecule has 0 saturated carbocycles. The van der Waals surface area contributed by atoms with Gasteiger partial charge >= 0.3 is 0 Å². The summed E-state index contributed by atoms with van der Waals surface area (Å²) in [6.45, 7) is 3.26. The standard InChI is InChI=1S/C24H23N5O2S/c1-15(30)18-9-6-11-20(13-18)26-23(31)16(2)32-24-28-27-22(29(24)25)14-19-10-5-8-17-7-3-4-12-21(17)19/h3-13,16H,14,25H2,1-2H3,(H,26,31)/t16-/m0/s1. The lowest BCUT2D eigenvalue weighted by molar-refractivity contribution is -0.115. The molecule has 8 heteroatoms. The molecule has 0 radical (unpaired) electrons. The van der Waals surface area contributed by atoms with Crippen LogP contribution in [0.1, 0.15) is 35.6 Å². The van der Waals surface area contributed by atoms with Crippen LogP contribution in [0.15, 0.2) is 71.9 Å². The first kappa shape index (κ1) is 21.6. The lowest BCUT2D eigenvalue weighted by atomic mass is 10.0. The quantitative estimate of drug-likeness (QED) is 0.253. The van der Waals surface area contributed by atoms with Crippen LogP contribution in [-0.4, -0.2) is 31.8 Å². The lowest BCUT2D eigenvalue weighted by Crippen LogP contribution is -2.24. The van der Waals surface area contributed by atoms with E-state index < -0.39 is 5.25 Å². The van der Waals surface area contributed by atoms with Crippen LogP contribution in [0.5, 0.6) is 0 Å². The zero-order valence-corrected chi connectivity index (χ0v) is 18.6. The normalized spacial score (nSPS) is 11.9. The van der Waals surface area contributed by atoms with Crippen molar-refractivity contribution < 1.29 is 9.59 Å². The fraction of sp³-hybridized carbons (Fsp3) is 0.167. The third-order valence-electron chi connectivity index (χ3n) is 5.15. The van der Waals surface area contributed by atoms with Crippen molar-refractivity contribution in [1.29, 1.82) is 0 Å². The Morgan fingerprint density at radius 3 is 2.62 bits per heavy atom. The average molecular weight is 446 g/mol. The van der Waals surface area contributed by atoms with Crippen molar-refractivity contribution in [2.75, 3.05) is 11.2 Å². The summed E-state index contributed by atoms with van der Waals surface area (Å²) in [6, 6.07) is 21.1. The number of hydrogen-bond donors (Lipinski definition) is 2. The van der Waals surface area contributed by atoms with Crippen molar-refractivity contribution in [2.45, 2.75) is 30.7 Å². The van der Waals surface area contributed by atoms with Gasteiger partial charge in [-0.1, -0.05) is 66.4 Å². The second kappa shape index (κ2) is 9.23. The van der Waals surface area contributed by atoms with E-state index in [9.17, 15) is 9.59 Å². The van der Waals surface area contributed by atoms with E-state index in [1.807, 2.05) is 18.2 Å². The highest BCUT2D eigenvalue weighted by Crippen LogP contribution is 2.25. The smallest absolute Gasteiger partial charge is 0.237 e. The van der Waals surface area contributed by atoms with Gasteiger partial charge in [0.05, 0.1) is 5.25 Å². The molecular formula is C24H23N5O2S. The number of amides is 1. The van der Waals surface area contributed by atoms with Gasteiger partial charge in [-0.05, 0) is 42.3 Å². The molecule has 1 amide bonds. The molecule has 0 spiro atoms. The van der Waals surface area contributed by atoms with Gasteiger partial charge in [-0.25, -0.2) is 4.68 Å². The highest BCUT2D eigenvalue weighted by atomic mass is 32.2. The van der Waals surface area contributed by atoms with Crippen LogP contribution in [0.2, 0.25) is 0 Å². The number of nitrogens with two attached hydrogens (primary N) is 1. The highest BCUT2D eigenvalue weighted by Gasteiger charge is 2.20. The minimum atomic E-state index is -0.465. The van der Waals surface area contributed by atoms with E-state index in [0.717, 1.165) is 16.3 Å². The molecule has 0 aliphatic heterocycles. The first-order chi connectivity index (χ1) is 15.4. The number of carbonyl (C=O) groups excluding carboxylic acids is 2. The predicted molar refractivity (Wildman–Crippen MR) is 127 cm³/mol. The first-order valence-electron chi connectivity index (χ1n) is 10.2. The molecule has 7 nitrogen and oxygen atoms in total. The second-order valence-electron chi connectivity index (χ2n) is 7.47. The van der Waals surface area contributed by atoms with Crippen molar-refractivity contribution >= 4 is 39.9 Å². The van der Waals surface area contributed by atoms with Crippen molar-refractivity contribution in [1.82, 2.24) is 14.9 Å². The SMILES string of the molecule is CC(=O)c1cccc(NC(=O)[C@H](C)Sc2nnc(Cc3cccc4ccccc34)n2N)c1. The van der Waals surface area contributed by atoms with Gasteiger partial charge in [0.15, 0.2) is 11.6 Å². The van der Waals surface area contributed by atoms with Gasteiger partial charge in [-0.15, -0.1) is 10.2 Å².